The number of nitrogens with one attached hydrogen (secondary N) is 2. The minimum atomic E-state index is -4.09. The Hall–Kier alpha value is -2.88. The van der Waals surface area contributed by atoms with Crippen molar-refractivity contribution in [3.63, 3.8) is 0 Å². The fourth-order valence-corrected chi connectivity index (χ4v) is 3.71. The summed E-state index contributed by atoms with van der Waals surface area (Å²) in [6, 6.07) is 11.3. The number of amides is 1. The highest BCUT2D eigenvalue weighted by Crippen LogP contribution is 2.21. The molecule has 10 heteroatoms. The van der Waals surface area contributed by atoms with E-state index < -0.39 is 38.9 Å². The molecule has 1 amide bonds. The van der Waals surface area contributed by atoms with Crippen LogP contribution < -0.4 is 10.0 Å². The van der Waals surface area contributed by atoms with Crippen LogP contribution >= 0.6 is 11.6 Å². The molecule has 0 saturated carbocycles. The Kier molecular flexibility index (Phi) is 6.45. The topological polar surface area (TPSA) is 75.3 Å². The lowest BCUT2D eigenvalue weighted by atomic mass is 10.2. The van der Waals surface area contributed by atoms with E-state index in [1.807, 2.05) is 0 Å². The van der Waals surface area contributed by atoms with E-state index in [9.17, 15) is 26.4 Å². The molecule has 0 unspecified atom stereocenters. The normalized spacial score (nSPS) is 11.3. The van der Waals surface area contributed by atoms with Gasteiger partial charge in [-0.2, -0.15) is 0 Å². The number of carbonyl (C=O) groups is 1. The second kappa shape index (κ2) is 8.86. The summed E-state index contributed by atoms with van der Waals surface area (Å²) in [7, 11) is -4.09. The number of hydrogen-bond acceptors (Lipinski definition) is 3. The lowest BCUT2D eigenvalue weighted by Gasteiger charge is -2.10. The van der Waals surface area contributed by atoms with Gasteiger partial charge in [-0.3, -0.25) is 4.79 Å². The maximum absolute atomic E-state index is 14.1. The molecule has 0 saturated heterocycles. The van der Waals surface area contributed by atoms with Gasteiger partial charge in [0.05, 0.1) is 15.5 Å². The van der Waals surface area contributed by atoms with Gasteiger partial charge in [0, 0.05) is 12.2 Å². The Labute approximate surface area is 175 Å². The van der Waals surface area contributed by atoms with Crippen LogP contribution in [-0.2, 0) is 16.6 Å². The van der Waals surface area contributed by atoms with Crippen molar-refractivity contribution in [3.05, 3.63) is 94.3 Å². The molecule has 2 N–H and O–H groups in total. The third-order valence-electron chi connectivity index (χ3n) is 4.05. The van der Waals surface area contributed by atoms with Gasteiger partial charge in [-0.15, -0.1) is 0 Å². The Morgan fingerprint density at radius 3 is 2.23 bits per heavy atom. The van der Waals surface area contributed by atoms with Gasteiger partial charge in [0.15, 0.2) is 0 Å². The summed E-state index contributed by atoms with van der Waals surface area (Å²) < 4.78 is 67.6. The maximum atomic E-state index is 14.1. The summed E-state index contributed by atoms with van der Waals surface area (Å²) >= 11 is 5.64. The monoisotopic (exact) mass is 454 g/mol. The number of anilines is 1. The zero-order valence-electron chi connectivity index (χ0n) is 15.1. The molecule has 0 heterocycles. The first kappa shape index (κ1) is 21.8. The SMILES string of the molecule is O=C(Nc1ccc(F)c(Cl)c1)c1cc(S(=O)(=O)NCc2ccc(F)cc2)ccc1F. The minimum Gasteiger partial charge on any atom is -0.322 e. The number of benzene rings is 3. The van der Waals surface area contributed by atoms with Crippen LogP contribution in [0.4, 0.5) is 18.9 Å². The van der Waals surface area contributed by atoms with Crippen molar-refractivity contribution in [2.24, 2.45) is 0 Å². The zero-order valence-corrected chi connectivity index (χ0v) is 16.7. The van der Waals surface area contributed by atoms with E-state index in [-0.39, 0.29) is 22.2 Å². The number of hydrogen-bond donors (Lipinski definition) is 2. The molecule has 3 aromatic carbocycles. The highest BCUT2D eigenvalue weighted by molar-refractivity contribution is 7.89. The van der Waals surface area contributed by atoms with Gasteiger partial charge in [-0.25, -0.2) is 26.3 Å². The van der Waals surface area contributed by atoms with Crippen LogP contribution in [-0.4, -0.2) is 14.3 Å². The summed E-state index contributed by atoms with van der Waals surface area (Å²) in [5.74, 6) is -3.04. The summed E-state index contributed by atoms with van der Waals surface area (Å²) in [6.07, 6.45) is 0. The van der Waals surface area contributed by atoms with Crippen LogP contribution in [0.25, 0.3) is 0 Å². The molecule has 156 valence electrons. The fourth-order valence-electron chi connectivity index (χ4n) is 2.48. The molecule has 30 heavy (non-hydrogen) atoms. The van der Waals surface area contributed by atoms with Gasteiger partial charge < -0.3 is 5.32 Å². The van der Waals surface area contributed by atoms with Gasteiger partial charge in [0.1, 0.15) is 17.5 Å². The smallest absolute Gasteiger partial charge is 0.258 e. The summed E-state index contributed by atoms with van der Waals surface area (Å²) in [5, 5.41) is 2.09. The van der Waals surface area contributed by atoms with Gasteiger partial charge >= 0.3 is 0 Å². The number of carbonyl (C=O) groups excluding carboxylic acids is 1. The maximum Gasteiger partial charge on any atom is 0.258 e. The molecule has 5 nitrogen and oxygen atoms in total. The third-order valence-corrected chi connectivity index (χ3v) is 5.74. The number of sulfonamides is 1. The van der Waals surface area contributed by atoms with E-state index >= 15 is 0 Å². The molecule has 0 fully saturated rings. The first-order chi connectivity index (χ1) is 14.2. The van der Waals surface area contributed by atoms with E-state index in [4.69, 9.17) is 11.6 Å². The highest BCUT2D eigenvalue weighted by Gasteiger charge is 2.20. The van der Waals surface area contributed by atoms with Crippen molar-refractivity contribution in [1.82, 2.24) is 4.72 Å². The third kappa shape index (κ3) is 5.18. The van der Waals surface area contributed by atoms with Crippen LogP contribution in [0.2, 0.25) is 5.02 Å². The van der Waals surface area contributed by atoms with Crippen molar-refractivity contribution in [2.75, 3.05) is 5.32 Å². The summed E-state index contributed by atoms with van der Waals surface area (Å²) in [6.45, 7) is -0.129. The van der Waals surface area contributed by atoms with Gasteiger partial charge in [-0.05, 0) is 54.1 Å². The van der Waals surface area contributed by atoms with E-state index in [1.165, 1.54) is 30.3 Å². The van der Waals surface area contributed by atoms with E-state index in [0.717, 1.165) is 30.3 Å². The predicted octanol–water partition coefficient (Wildman–Crippen LogP) is 4.49. The fraction of sp³-hybridized carbons (Fsp3) is 0.0500. The Balaban J connectivity index is 1.79. The van der Waals surface area contributed by atoms with Crippen molar-refractivity contribution in [3.8, 4) is 0 Å². The van der Waals surface area contributed by atoms with Crippen LogP contribution in [0.1, 0.15) is 15.9 Å². The first-order valence-corrected chi connectivity index (χ1v) is 10.3. The van der Waals surface area contributed by atoms with E-state index in [2.05, 4.69) is 10.0 Å². The molecular weight excluding hydrogens is 441 g/mol. The molecule has 0 aliphatic rings. The molecule has 0 spiro atoms. The highest BCUT2D eigenvalue weighted by atomic mass is 35.5. The Bertz CT molecular complexity index is 1200. The number of halogens is 4. The molecule has 0 aliphatic carbocycles. The largest absolute Gasteiger partial charge is 0.322 e. The van der Waals surface area contributed by atoms with Crippen molar-refractivity contribution >= 4 is 33.2 Å². The molecule has 3 rings (SSSR count). The standard InChI is InChI=1S/C20H14ClF3N2O3S/c21-17-9-14(5-7-19(17)24)26-20(27)16-10-15(6-8-18(16)23)30(28,29)25-11-12-1-3-13(22)4-2-12/h1-10,25H,11H2,(H,26,27). The van der Waals surface area contributed by atoms with Crippen LogP contribution in [0, 0.1) is 17.5 Å². The Morgan fingerprint density at radius 1 is 0.900 bits per heavy atom. The number of rotatable bonds is 6. The van der Waals surface area contributed by atoms with Crippen LogP contribution in [0.3, 0.4) is 0 Å². The molecule has 3 aromatic rings. The molecule has 0 aliphatic heterocycles. The quantitative estimate of drug-likeness (QED) is 0.576. The van der Waals surface area contributed by atoms with Crippen molar-refractivity contribution in [2.45, 2.75) is 11.4 Å². The minimum absolute atomic E-state index is 0.105. The van der Waals surface area contributed by atoms with Crippen LogP contribution in [0.15, 0.2) is 65.6 Å². The summed E-state index contributed by atoms with van der Waals surface area (Å²) in [5.41, 5.74) is 0.0850. The first-order valence-electron chi connectivity index (χ1n) is 8.46. The zero-order chi connectivity index (χ0) is 21.9. The average molecular weight is 455 g/mol. The van der Waals surface area contributed by atoms with E-state index in [1.54, 1.807) is 0 Å². The van der Waals surface area contributed by atoms with Gasteiger partial charge in [0.2, 0.25) is 10.0 Å². The van der Waals surface area contributed by atoms with Crippen molar-refractivity contribution in [1.29, 1.82) is 0 Å². The molecule has 0 atom stereocenters. The molecule has 0 radical (unpaired) electrons. The molecule has 0 aromatic heterocycles. The second-order valence-corrected chi connectivity index (χ2v) is 8.35. The van der Waals surface area contributed by atoms with Crippen LogP contribution in [0.5, 0.6) is 0 Å². The lowest BCUT2D eigenvalue weighted by molar-refractivity contribution is 0.102. The predicted molar refractivity (Wildman–Crippen MR) is 106 cm³/mol. The summed E-state index contributed by atoms with van der Waals surface area (Å²) in [4.78, 5) is 12.0. The molecular formula is C20H14ClF3N2O3S. The second-order valence-electron chi connectivity index (χ2n) is 6.18. The van der Waals surface area contributed by atoms with Gasteiger partial charge in [0.25, 0.3) is 5.91 Å². The average Bonchev–Trinajstić information content (AvgIpc) is 2.70. The van der Waals surface area contributed by atoms with E-state index in [0.29, 0.717) is 5.56 Å². The van der Waals surface area contributed by atoms with Crippen molar-refractivity contribution < 1.29 is 26.4 Å². The Morgan fingerprint density at radius 2 is 1.57 bits per heavy atom. The van der Waals surface area contributed by atoms with Gasteiger partial charge in [-0.1, -0.05) is 23.7 Å². The lowest BCUT2D eigenvalue weighted by Crippen LogP contribution is -2.24. The molecule has 0 bridgehead atoms.